The minimum Gasteiger partial charge on any atom is -0.339 e. The number of anilines is 2. The van der Waals surface area contributed by atoms with Crippen molar-refractivity contribution in [3.63, 3.8) is 0 Å². The van der Waals surface area contributed by atoms with E-state index in [0.29, 0.717) is 11.5 Å². The number of likely N-dealkylation sites (N-methyl/N-ethyl adjacent to an activating group) is 1. The van der Waals surface area contributed by atoms with Crippen molar-refractivity contribution in [2.45, 2.75) is 13.8 Å². The molecule has 0 unspecified atom stereocenters. The van der Waals surface area contributed by atoms with Crippen molar-refractivity contribution in [3.05, 3.63) is 47.9 Å². The number of amides is 1. The molecule has 6 heteroatoms. The maximum atomic E-state index is 12.5. The topological polar surface area (TPSA) is 61.4 Å². The Labute approximate surface area is 142 Å². The zero-order chi connectivity index (χ0) is 16.9. The summed E-state index contributed by atoms with van der Waals surface area (Å²) in [5.74, 6) is 0.591. The van der Waals surface area contributed by atoms with Crippen LogP contribution < -0.4 is 5.32 Å². The quantitative estimate of drug-likeness (QED) is 0.935. The van der Waals surface area contributed by atoms with E-state index >= 15 is 0 Å². The predicted octanol–water partition coefficient (Wildman–Crippen LogP) is 2.31. The summed E-state index contributed by atoms with van der Waals surface area (Å²) in [6, 6.07) is 8.03. The zero-order valence-electron chi connectivity index (χ0n) is 14.2. The van der Waals surface area contributed by atoms with E-state index in [9.17, 15) is 4.79 Å². The van der Waals surface area contributed by atoms with Crippen LogP contribution in [0.2, 0.25) is 0 Å². The van der Waals surface area contributed by atoms with Crippen LogP contribution in [0.1, 0.15) is 23.0 Å². The number of aromatic nitrogens is 2. The van der Waals surface area contributed by atoms with E-state index in [1.807, 2.05) is 36.1 Å². The van der Waals surface area contributed by atoms with Gasteiger partial charge in [-0.3, -0.25) is 4.79 Å². The molecule has 0 saturated carbocycles. The van der Waals surface area contributed by atoms with Crippen LogP contribution in [0.15, 0.2) is 36.7 Å². The first-order chi connectivity index (χ1) is 11.7. The van der Waals surface area contributed by atoms with Gasteiger partial charge in [0.05, 0.1) is 12.4 Å². The highest BCUT2D eigenvalue weighted by Crippen LogP contribution is 2.15. The Morgan fingerprint density at radius 1 is 1.17 bits per heavy atom. The van der Waals surface area contributed by atoms with E-state index < -0.39 is 0 Å². The second-order valence-corrected chi connectivity index (χ2v) is 6.01. The Balaban J connectivity index is 1.63. The number of aryl methyl sites for hydroxylation is 1. The van der Waals surface area contributed by atoms with Crippen molar-refractivity contribution in [1.29, 1.82) is 0 Å². The molecule has 0 bridgehead atoms. The monoisotopic (exact) mass is 325 g/mol. The Morgan fingerprint density at radius 2 is 1.96 bits per heavy atom. The third-order valence-electron chi connectivity index (χ3n) is 4.27. The number of piperazine rings is 1. The summed E-state index contributed by atoms with van der Waals surface area (Å²) < 4.78 is 0. The fraction of sp³-hybridized carbons (Fsp3) is 0.389. The van der Waals surface area contributed by atoms with Gasteiger partial charge in [0.25, 0.3) is 5.91 Å². The lowest BCUT2D eigenvalue weighted by Gasteiger charge is -2.33. The van der Waals surface area contributed by atoms with Crippen LogP contribution in [0.3, 0.4) is 0 Å². The summed E-state index contributed by atoms with van der Waals surface area (Å²) in [6.45, 7) is 8.54. The van der Waals surface area contributed by atoms with E-state index in [1.165, 1.54) is 5.56 Å². The molecule has 1 fully saturated rings. The van der Waals surface area contributed by atoms with E-state index in [4.69, 9.17) is 0 Å². The first-order valence-electron chi connectivity index (χ1n) is 8.33. The van der Waals surface area contributed by atoms with E-state index in [-0.39, 0.29) is 5.91 Å². The van der Waals surface area contributed by atoms with Crippen LogP contribution in [0.5, 0.6) is 0 Å². The van der Waals surface area contributed by atoms with Crippen LogP contribution in [-0.2, 0) is 0 Å². The summed E-state index contributed by atoms with van der Waals surface area (Å²) in [7, 11) is 0. The van der Waals surface area contributed by atoms with Gasteiger partial charge in [-0.15, -0.1) is 0 Å². The molecule has 1 aromatic heterocycles. The maximum Gasteiger partial charge on any atom is 0.274 e. The number of nitrogens with zero attached hydrogens (tertiary/aromatic N) is 4. The number of hydrogen-bond acceptors (Lipinski definition) is 5. The van der Waals surface area contributed by atoms with Gasteiger partial charge in [0.2, 0.25) is 0 Å². The average Bonchev–Trinajstić information content (AvgIpc) is 2.62. The minimum atomic E-state index is -0.0413. The van der Waals surface area contributed by atoms with Crippen molar-refractivity contribution >= 4 is 17.4 Å². The van der Waals surface area contributed by atoms with Gasteiger partial charge in [0.15, 0.2) is 0 Å². The average molecular weight is 325 g/mol. The summed E-state index contributed by atoms with van der Waals surface area (Å²) in [6.07, 6.45) is 3.16. The molecule has 6 nitrogen and oxygen atoms in total. The molecule has 1 aromatic carbocycles. The van der Waals surface area contributed by atoms with Gasteiger partial charge in [-0.1, -0.05) is 19.1 Å². The number of carbonyl (C=O) groups is 1. The van der Waals surface area contributed by atoms with Crippen LogP contribution in [0.25, 0.3) is 0 Å². The normalized spacial score (nSPS) is 15.3. The first kappa shape index (κ1) is 16.4. The molecule has 0 aliphatic carbocycles. The standard InChI is InChI=1S/C18H23N5O/c1-3-22-7-9-23(10-8-22)18(24)16-12-20-17(13-19-16)21-15-6-4-5-14(2)11-15/h4-6,11-13H,3,7-10H2,1-2H3,(H,20,21). The molecule has 1 aliphatic heterocycles. The van der Waals surface area contributed by atoms with Crippen LogP contribution >= 0.6 is 0 Å². The van der Waals surface area contributed by atoms with Crippen molar-refractivity contribution in [3.8, 4) is 0 Å². The third-order valence-corrected chi connectivity index (χ3v) is 4.27. The highest BCUT2D eigenvalue weighted by molar-refractivity contribution is 5.92. The third kappa shape index (κ3) is 3.89. The van der Waals surface area contributed by atoms with E-state index in [2.05, 4.69) is 27.1 Å². The fourth-order valence-corrected chi connectivity index (χ4v) is 2.80. The second kappa shape index (κ2) is 7.40. The summed E-state index contributed by atoms with van der Waals surface area (Å²) in [5, 5.41) is 3.20. The SMILES string of the molecule is CCN1CCN(C(=O)c2cnc(Nc3cccc(C)c3)cn2)CC1. The molecular formula is C18H23N5O. The van der Waals surface area contributed by atoms with Crippen LogP contribution in [0.4, 0.5) is 11.5 Å². The number of rotatable bonds is 4. The molecule has 24 heavy (non-hydrogen) atoms. The number of hydrogen-bond donors (Lipinski definition) is 1. The van der Waals surface area contributed by atoms with Gasteiger partial charge in [-0.05, 0) is 31.2 Å². The van der Waals surface area contributed by atoms with Crippen molar-refractivity contribution in [2.75, 3.05) is 38.0 Å². The predicted molar refractivity (Wildman–Crippen MR) is 94.5 cm³/mol. The molecule has 0 spiro atoms. The first-order valence-corrected chi connectivity index (χ1v) is 8.33. The lowest BCUT2D eigenvalue weighted by molar-refractivity contribution is 0.0637. The Bertz CT molecular complexity index is 693. The van der Waals surface area contributed by atoms with E-state index in [0.717, 1.165) is 38.4 Å². The Morgan fingerprint density at radius 3 is 2.58 bits per heavy atom. The maximum absolute atomic E-state index is 12.5. The molecule has 1 aliphatic rings. The highest BCUT2D eigenvalue weighted by Gasteiger charge is 2.22. The van der Waals surface area contributed by atoms with Gasteiger partial charge in [-0.2, -0.15) is 0 Å². The molecule has 126 valence electrons. The van der Waals surface area contributed by atoms with Gasteiger partial charge >= 0.3 is 0 Å². The molecule has 0 atom stereocenters. The van der Waals surface area contributed by atoms with Gasteiger partial charge in [-0.25, -0.2) is 9.97 Å². The number of carbonyl (C=O) groups excluding carboxylic acids is 1. The lowest BCUT2D eigenvalue weighted by Crippen LogP contribution is -2.48. The molecule has 0 radical (unpaired) electrons. The Hall–Kier alpha value is -2.47. The van der Waals surface area contributed by atoms with Gasteiger partial charge in [0.1, 0.15) is 11.5 Å². The lowest BCUT2D eigenvalue weighted by atomic mass is 10.2. The van der Waals surface area contributed by atoms with Crippen LogP contribution in [-0.4, -0.2) is 58.4 Å². The molecular weight excluding hydrogens is 302 g/mol. The fourth-order valence-electron chi connectivity index (χ4n) is 2.80. The molecule has 1 N–H and O–H groups in total. The molecule has 3 rings (SSSR count). The molecule has 2 aromatic rings. The second-order valence-electron chi connectivity index (χ2n) is 6.01. The smallest absolute Gasteiger partial charge is 0.274 e. The molecule has 1 amide bonds. The molecule has 2 heterocycles. The van der Waals surface area contributed by atoms with Crippen molar-refractivity contribution in [1.82, 2.24) is 19.8 Å². The van der Waals surface area contributed by atoms with Gasteiger partial charge in [0, 0.05) is 31.9 Å². The minimum absolute atomic E-state index is 0.0413. The van der Waals surface area contributed by atoms with Gasteiger partial charge < -0.3 is 15.1 Å². The number of nitrogens with one attached hydrogen (secondary N) is 1. The van der Waals surface area contributed by atoms with Crippen LogP contribution in [0, 0.1) is 6.92 Å². The van der Waals surface area contributed by atoms with Crippen molar-refractivity contribution < 1.29 is 4.79 Å². The highest BCUT2D eigenvalue weighted by atomic mass is 16.2. The van der Waals surface area contributed by atoms with E-state index in [1.54, 1.807) is 12.4 Å². The zero-order valence-corrected chi connectivity index (χ0v) is 14.2. The summed E-state index contributed by atoms with van der Waals surface area (Å²) in [5.41, 5.74) is 2.53. The Kier molecular flexibility index (Phi) is 5.05. The van der Waals surface area contributed by atoms with Crippen molar-refractivity contribution in [2.24, 2.45) is 0 Å². The number of benzene rings is 1. The summed E-state index contributed by atoms with van der Waals surface area (Å²) in [4.78, 5) is 25.3. The summed E-state index contributed by atoms with van der Waals surface area (Å²) >= 11 is 0. The largest absolute Gasteiger partial charge is 0.339 e. The molecule has 1 saturated heterocycles.